The predicted molar refractivity (Wildman–Crippen MR) is 55.5 cm³/mol. The molecule has 0 unspecified atom stereocenters. The maximum atomic E-state index is 12.4. The molecule has 0 spiro atoms. The fourth-order valence-corrected chi connectivity index (χ4v) is 1.79. The molecule has 0 bridgehead atoms. The van der Waals surface area contributed by atoms with Gasteiger partial charge in [0.2, 0.25) is 0 Å². The van der Waals surface area contributed by atoms with Gasteiger partial charge < -0.3 is 10.8 Å². The van der Waals surface area contributed by atoms with Crippen molar-refractivity contribution in [2.75, 3.05) is 5.73 Å². The molecule has 82 valence electrons. The van der Waals surface area contributed by atoms with Gasteiger partial charge in [-0.05, 0) is 34.7 Å². The highest BCUT2D eigenvalue weighted by molar-refractivity contribution is 14.1. The lowest BCUT2D eigenvalue weighted by Crippen LogP contribution is -2.12. The van der Waals surface area contributed by atoms with Crippen molar-refractivity contribution >= 4 is 34.2 Å². The second-order valence-electron chi connectivity index (χ2n) is 2.72. The van der Waals surface area contributed by atoms with Crippen molar-refractivity contribution in [3.8, 4) is 0 Å². The van der Waals surface area contributed by atoms with Crippen LogP contribution in [0.3, 0.4) is 0 Å². The van der Waals surface area contributed by atoms with Gasteiger partial charge in [0.15, 0.2) is 0 Å². The summed E-state index contributed by atoms with van der Waals surface area (Å²) in [7, 11) is 0. The third kappa shape index (κ3) is 2.52. The molecule has 1 aromatic carbocycles. The van der Waals surface area contributed by atoms with Gasteiger partial charge in [0.25, 0.3) is 0 Å². The lowest BCUT2D eigenvalue weighted by molar-refractivity contribution is -0.138. The molecule has 0 fully saturated rings. The molecule has 15 heavy (non-hydrogen) atoms. The van der Waals surface area contributed by atoms with Gasteiger partial charge in [-0.3, -0.25) is 0 Å². The normalized spacial score (nSPS) is 11.5. The molecule has 0 radical (unpaired) electrons. The van der Waals surface area contributed by atoms with Crippen molar-refractivity contribution in [2.24, 2.45) is 0 Å². The van der Waals surface area contributed by atoms with Gasteiger partial charge in [-0.2, -0.15) is 13.2 Å². The summed E-state index contributed by atoms with van der Waals surface area (Å²) in [6.45, 7) is 0. The first-order valence-electron chi connectivity index (χ1n) is 3.63. The summed E-state index contributed by atoms with van der Waals surface area (Å²) in [5.41, 5.74) is 3.57. The fourth-order valence-electron chi connectivity index (χ4n) is 0.991. The Balaban J connectivity index is 3.43. The first kappa shape index (κ1) is 12.1. The molecule has 0 aliphatic carbocycles. The number of nitrogens with two attached hydrogens (primary N) is 1. The topological polar surface area (TPSA) is 63.3 Å². The molecule has 1 aromatic rings. The van der Waals surface area contributed by atoms with E-state index >= 15 is 0 Å². The molecule has 0 amide bonds. The maximum Gasteiger partial charge on any atom is 0.417 e. The number of carboxylic acid groups (broad SMARTS) is 1. The zero-order chi connectivity index (χ0) is 11.8. The molecule has 3 nitrogen and oxygen atoms in total. The van der Waals surface area contributed by atoms with Crippen molar-refractivity contribution < 1.29 is 23.1 Å². The number of alkyl halides is 3. The highest BCUT2D eigenvalue weighted by Gasteiger charge is 2.34. The molecule has 3 N–H and O–H groups in total. The lowest BCUT2D eigenvalue weighted by Gasteiger charge is -2.11. The lowest BCUT2D eigenvalue weighted by atomic mass is 10.1. The summed E-state index contributed by atoms with van der Waals surface area (Å²) in [5, 5.41) is 8.60. The highest BCUT2D eigenvalue weighted by Crippen LogP contribution is 2.35. The van der Waals surface area contributed by atoms with Gasteiger partial charge >= 0.3 is 12.1 Å². The van der Waals surface area contributed by atoms with Crippen molar-refractivity contribution in [1.82, 2.24) is 0 Å². The van der Waals surface area contributed by atoms with E-state index in [1.54, 1.807) is 0 Å². The average Bonchev–Trinajstić information content (AvgIpc) is 2.00. The molecule has 0 saturated heterocycles. The third-order valence-corrected chi connectivity index (χ3v) is 2.57. The smallest absolute Gasteiger partial charge is 0.417 e. The summed E-state index contributed by atoms with van der Waals surface area (Å²) in [5.74, 6) is -1.48. The SMILES string of the molecule is Nc1cc(I)c(C(F)(F)F)cc1C(=O)O. The number of aromatic carboxylic acids is 1. The monoisotopic (exact) mass is 331 g/mol. The molecule has 0 aliphatic heterocycles. The Hall–Kier alpha value is -0.990. The van der Waals surface area contributed by atoms with Crippen LogP contribution in [-0.2, 0) is 6.18 Å². The molecule has 0 heterocycles. The van der Waals surface area contributed by atoms with E-state index in [-0.39, 0.29) is 9.26 Å². The minimum absolute atomic E-state index is 0.123. The summed E-state index contributed by atoms with van der Waals surface area (Å²) in [4.78, 5) is 10.6. The van der Waals surface area contributed by atoms with Crippen molar-refractivity contribution in [1.29, 1.82) is 0 Å². The number of hydrogen-bond donors (Lipinski definition) is 2. The molecule has 0 aromatic heterocycles. The zero-order valence-corrected chi connectivity index (χ0v) is 9.26. The van der Waals surface area contributed by atoms with Gasteiger partial charge in [-0.25, -0.2) is 4.79 Å². The highest BCUT2D eigenvalue weighted by atomic mass is 127. The van der Waals surface area contributed by atoms with Crippen LogP contribution in [-0.4, -0.2) is 11.1 Å². The van der Waals surface area contributed by atoms with Gasteiger partial charge in [-0.1, -0.05) is 0 Å². The van der Waals surface area contributed by atoms with Crippen molar-refractivity contribution in [2.45, 2.75) is 6.18 Å². The molecular formula is C8H5F3INO2. The van der Waals surface area contributed by atoms with Crippen LogP contribution >= 0.6 is 22.6 Å². The van der Waals surface area contributed by atoms with E-state index in [1.807, 2.05) is 0 Å². The first-order valence-corrected chi connectivity index (χ1v) is 4.71. The summed E-state index contributed by atoms with van der Waals surface area (Å²) in [6.07, 6.45) is -4.57. The maximum absolute atomic E-state index is 12.4. The van der Waals surface area contributed by atoms with E-state index in [2.05, 4.69) is 0 Å². The van der Waals surface area contributed by atoms with E-state index < -0.39 is 23.3 Å². The number of nitrogen functional groups attached to an aromatic ring is 1. The Kier molecular flexibility index (Phi) is 3.12. The van der Waals surface area contributed by atoms with Crippen LogP contribution in [0.5, 0.6) is 0 Å². The Morgan fingerprint density at radius 2 is 1.93 bits per heavy atom. The van der Waals surface area contributed by atoms with Crippen LogP contribution in [0, 0.1) is 3.57 Å². The van der Waals surface area contributed by atoms with Gasteiger partial charge in [-0.15, -0.1) is 0 Å². The Morgan fingerprint density at radius 1 is 1.40 bits per heavy atom. The number of carbonyl (C=O) groups is 1. The summed E-state index contributed by atoms with van der Waals surface area (Å²) >= 11 is 1.46. The predicted octanol–water partition coefficient (Wildman–Crippen LogP) is 2.59. The second kappa shape index (κ2) is 3.87. The van der Waals surface area contributed by atoms with Crippen LogP contribution in [0.15, 0.2) is 12.1 Å². The third-order valence-electron chi connectivity index (χ3n) is 1.68. The Morgan fingerprint density at radius 3 is 2.33 bits per heavy atom. The molecule has 0 saturated carbocycles. The Labute approximate surface area is 96.2 Å². The van der Waals surface area contributed by atoms with E-state index in [9.17, 15) is 18.0 Å². The van der Waals surface area contributed by atoms with E-state index in [0.29, 0.717) is 6.07 Å². The number of halogens is 4. The van der Waals surface area contributed by atoms with Crippen molar-refractivity contribution in [3.63, 3.8) is 0 Å². The molecular weight excluding hydrogens is 326 g/mol. The molecule has 7 heteroatoms. The average molecular weight is 331 g/mol. The van der Waals surface area contributed by atoms with E-state index in [4.69, 9.17) is 10.8 Å². The van der Waals surface area contributed by atoms with Crippen LogP contribution in [0.2, 0.25) is 0 Å². The zero-order valence-electron chi connectivity index (χ0n) is 7.10. The van der Waals surface area contributed by atoms with Crippen LogP contribution in [0.25, 0.3) is 0 Å². The molecule has 0 aliphatic rings. The number of hydrogen-bond acceptors (Lipinski definition) is 2. The minimum atomic E-state index is -4.57. The van der Waals surface area contributed by atoms with Gasteiger partial charge in [0, 0.05) is 9.26 Å². The van der Waals surface area contributed by atoms with E-state index in [0.717, 1.165) is 6.07 Å². The van der Waals surface area contributed by atoms with E-state index in [1.165, 1.54) is 22.6 Å². The first-order chi connectivity index (χ1) is 6.73. The van der Waals surface area contributed by atoms with Gasteiger partial charge in [0.1, 0.15) is 0 Å². The second-order valence-corrected chi connectivity index (χ2v) is 3.88. The van der Waals surface area contributed by atoms with Crippen LogP contribution < -0.4 is 5.73 Å². The molecule has 0 atom stereocenters. The standard InChI is InChI=1S/C8H5F3INO2/c9-8(10,11)4-1-3(7(14)15)6(13)2-5(4)12/h1-2H,13H2,(H,14,15). The van der Waals surface area contributed by atoms with Gasteiger partial charge in [0.05, 0.1) is 11.1 Å². The fraction of sp³-hybridized carbons (Fsp3) is 0.125. The summed E-state index contributed by atoms with van der Waals surface area (Å²) in [6, 6.07) is 1.53. The minimum Gasteiger partial charge on any atom is -0.478 e. The summed E-state index contributed by atoms with van der Waals surface area (Å²) < 4.78 is 37.0. The van der Waals surface area contributed by atoms with Crippen LogP contribution in [0.4, 0.5) is 18.9 Å². The van der Waals surface area contributed by atoms with Crippen molar-refractivity contribution in [3.05, 3.63) is 26.8 Å². The number of carboxylic acids is 1. The Bertz CT molecular complexity index is 417. The number of rotatable bonds is 1. The number of benzene rings is 1. The van der Waals surface area contributed by atoms with Crippen LogP contribution in [0.1, 0.15) is 15.9 Å². The number of anilines is 1. The quantitative estimate of drug-likeness (QED) is 0.614. The largest absolute Gasteiger partial charge is 0.478 e. The molecule has 1 rings (SSSR count).